The number of Topliss-reactive ketones (excluding diaryl/α,β-unsaturated/α-hetero) is 1. The van der Waals surface area contributed by atoms with Crippen LogP contribution in [0.4, 0.5) is 0 Å². The minimum atomic E-state index is -0.961. The number of allylic oxidation sites excluding steroid dienone is 1. The highest BCUT2D eigenvalue weighted by Crippen LogP contribution is 2.38. The number of hydrogen-bond donors (Lipinski definition) is 3. The predicted octanol–water partition coefficient (Wildman–Crippen LogP) is 6.96. The Morgan fingerprint density at radius 2 is 1.68 bits per heavy atom. The van der Waals surface area contributed by atoms with Crippen LogP contribution in [-0.2, 0) is 30.5 Å². The number of aliphatic hydroxyl groups is 1. The Labute approximate surface area is 292 Å². The molecule has 5 aromatic rings. The number of ether oxygens (including phenoxy) is 2. The zero-order valence-electron chi connectivity index (χ0n) is 28.3. The van der Waals surface area contributed by atoms with Crippen LogP contribution in [0.1, 0.15) is 40.7 Å². The van der Waals surface area contributed by atoms with Crippen molar-refractivity contribution in [1.82, 2.24) is 4.98 Å². The Morgan fingerprint density at radius 1 is 0.860 bits per heavy atom. The Balaban J connectivity index is 1.29. The van der Waals surface area contributed by atoms with Gasteiger partial charge in [-0.25, -0.2) is 0 Å². The van der Waals surface area contributed by atoms with Gasteiger partial charge in [0, 0.05) is 30.7 Å². The molecule has 256 valence electrons. The number of carbonyl (C=O) groups is 1. The summed E-state index contributed by atoms with van der Waals surface area (Å²) in [6.45, 7) is 1.71. The molecule has 3 atom stereocenters. The number of phenolic OH excluding ortho intramolecular Hbond substituents is 2. The summed E-state index contributed by atoms with van der Waals surface area (Å²) in [5, 5.41) is 35.1. The van der Waals surface area contributed by atoms with E-state index < -0.39 is 12.0 Å². The van der Waals surface area contributed by atoms with E-state index in [0.717, 1.165) is 44.2 Å². The maximum atomic E-state index is 14.1. The highest BCUT2D eigenvalue weighted by Gasteiger charge is 2.30. The molecule has 0 bridgehead atoms. The molecule has 2 heterocycles. The van der Waals surface area contributed by atoms with E-state index in [1.807, 2.05) is 36.4 Å². The Hall–Kier alpha value is -5.47. The second kappa shape index (κ2) is 15.8. The largest absolute Gasteiger partial charge is 0.670 e. The predicted molar refractivity (Wildman–Crippen MR) is 195 cm³/mol. The molecule has 0 aliphatic carbocycles. The van der Waals surface area contributed by atoms with E-state index >= 15 is 0 Å². The highest BCUT2D eigenvalue weighted by atomic mass is 16.5. The van der Waals surface area contributed by atoms with Gasteiger partial charge in [0.1, 0.15) is 17.9 Å². The first kappa shape index (κ1) is 34.4. The molecule has 1 aliphatic heterocycles. The van der Waals surface area contributed by atoms with E-state index in [1.165, 1.54) is 7.11 Å². The molecule has 0 saturated heterocycles. The Bertz CT molecular complexity index is 1990. The van der Waals surface area contributed by atoms with Crippen molar-refractivity contribution in [3.8, 4) is 23.0 Å². The summed E-state index contributed by atoms with van der Waals surface area (Å²) in [6, 6.07) is 25.0. The van der Waals surface area contributed by atoms with Crippen LogP contribution >= 0.6 is 0 Å². The van der Waals surface area contributed by atoms with Crippen LogP contribution in [-0.4, -0.2) is 47.6 Å². The van der Waals surface area contributed by atoms with Crippen molar-refractivity contribution in [2.75, 3.05) is 14.2 Å². The molecule has 3 N–H and O–H groups in total. The molecular formula is C42H42N2O6. The smallest absolute Gasteiger partial charge is 0.176 e. The van der Waals surface area contributed by atoms with E-state index in [-0.39, 0.29) is 29.6 Å². The highest BCUT2D eigenvalue weighted by molar-refractivity contribution is 5.87. The van der Waals surface area contributed by atoms with E-state index in [4.69, 9.17) is 9.47 Å². The summed E-state index contributed by atoms with van der Waals surface area (Å²) < 4.78 is 11.1. The molecule has 1 aromatic heterocycles. The summed E-state index contributed by atoms with van der Waals surface area (Å²) in [5.74, 6) is 0.00694. The molecule has 8 nitrogen and oxygen atoms in total. The monoisotopic (exact) mass is 670 g/mol. The number of rotatable bonds is 16. The lowest BCUT2D eigenvalue weighted by atomic mass is 9.81. The summed E-state index contributed by atoms with van der Waals surface area (Å²) >= 11 is 0. The molecule has 0 fully saturated rings. The number of methoxy groups -OCH3 is 2. The Kier molecular flexibility index (Phi) is 10.9. The van der Waals surface area contributed by atoms with Gasteiger partial charge in [0.05, 0.1) is 26.4 Å². The van der Waals surface area contributed by atoms with Crippen molar-refractivity contribution < 1.29 is 29.6 Å². The van der Waals surface area contributed by atoms with Crippen molar-refractivity contribution in [1.29, 1.82) is 0 Å². The molecule has 1 aliphatic rings. The average molecular weight is 671 g/mol. The second-order valence-electron chi connectivity index (χ2n) is 12.9. The van der Waals surface area contributed by atoms with Gasteiger partial charge in [-0.2, -0.15) is 12.4 Å². The van der Waals surface area contributed by atoms with Gasteiger partial charge in [0.25, 0.3) is 0 Å². The van der Waals surface area contributed by atoms with Crippen LogP contribution < -0.4 is 14.5 Å². The molecule has 0 unspecified atom stereocenters. The third-order valence-corrected chi connectivity index (χ3v) is 9.62. The number of aliphatic imine (C=N–C) groups is 1. The first-order chi connectivity index (χ1) is 24.3. The first-order valence-corrected chi connectivity index (χ1v) is 16.8. The number of phenols is 2. The zero-order valence-corrected chi connectivity index (χ0v) is 28.3. The molecule has 50 heavy (non-hydrogen) atoms. The molecule has 4 aromatic carbocycles. The topological polar surface area (TPSA) is 123 Å². The fraction of sp³-hybridized carbons (Fsp3) is 0.262. The van der Waals surface area contributed by atoms with Gasteiger partial charge in [0.2, 0.25) is 0 Å². The number of aromatic nitrogens is 1. The minimum absolute atomic E-state index is 0.0327. The quantitative estimate of drug-likeness (QED) is 0.0971. The van der Waals surface area contributed by atoms with Crippen molar-refractivity contribution >= 4 is 22.8 Å². The van der Waals surface area contributed by atoms with Crippen LogP contribution in [0.2, 0.25) is 0 Å². The van der Waals surface area contributed by atoms with Gasteiger partial charge in [-0.15, -0.1) is 4.99 Å². The van der Waals surface area contributed by atoms with E-state index in [1.54, 1.807) is 56.5 Å². The van der Waals surface area contributed by atoms with Gasteiger partial charge in [0.15, 0.2) is 29.2 Å². The number of hydrogen-bond acceptors (Lipinski definition) is 7. The third kappa shape index (κ3) is 8.04. The standard InChI is InChI=1S/C42H42N2O6/c1-49-41-21-27(10-12-37(41)45)18-33(19-28-14-16-43-25-28)39(47)24-40(48)34(20-29-15-17-44-26-29)22-32-11-13-38(46)42(50-2)36(32)23-31-8-5-7-30-6-3-4-9-35(30)31/h3-17,21,25-26,33-34,40,45-46,48H,18-20,22-24H2,1-2H3/t33-,34+,40+/m0/s1. The van der Waals surface area contributed by atoms with Crippen LogP contribution in [0.15, 0.2) is 108 Å². The fourth-order valence-electron chi connectivity index (χ4n) is 6.98. The Morgan fingerprint density at radius 3 is 2.44 bits per heavy atom. The number of nitrogens with zero attached hydrogens (tertiary/aromatic N) is 2. The maximum absolute atomic E-state index is 14.1. The van der Waals surface area contributed by atoms with Crippen molar-refractivity contribution in [2.45, 2.75) is 44.6 Å². The van der Waals surface area contributed by atoms with Crippen molar-refractivity contribution in [3.05, 3.63) is 137 Å². The number of aliphatic hydroxyl groups excluding tert-OH is 1. The molecule has 6 rings (SSSR count). The number of benzene rings is 4. The van der Waals surface area contributed by atoms with Crippen molar-refractivity contribution in [2.24, 2.45) is 16.8 Å². The van der Waals surface area contributed by atoms with Gasteiger partial charge in [-0.3, -0.25) is 4.79 Å². The van der Waals surface area contributed by atoms with Crippen LogP contribution in [0.25, 0.3) is 10.8 Å². The summed E-state index contributed by atoms with van der Waals surface area (Å²) in [7, 11) is 3.05. The average Bonchev–Trinajstić information content (AvgIpc) is 3.84. The molecule has 0 spiro atoms. The third-order valence-electron chi connectivity index (χ3n) is 9.62. The van der Waals surface area contributed by atoms with E-state index in [2.05, 4.69) is 34.2 Å². The molecule has 0 radical (unpaired) electrons. The number of fused-ring (bicyclic) bond motifs is 1. The van der Waals surface area contributed by atoms with Crippen LogP contribution in [0.3, 0.4) is 0 Å². The van der Waals surface area contributed by atoms with Gasteiger partial charge >= 0.3 is 0 Å². The molecular weight excluding hydrogens is 628 g/mol. The van der Waals surface area contributed by atoms with Gasteiger partial charge in [-0.1, -0.05) is 66.2 Å². The number of aromatic hydroxyl groups is 2. The van der Waals surface area contributed by atoms with Crippen LogP contribution in [0, 0.1) is 18.4 Å². The molecule has 0 amide bonds. The van der Waals surface area contributed by atoms with Crippen LogP contribution in [0.5, 0.6) is 23.0 Å². The lowest BCUT2D eigenvalue weighted by molar-refractivity contribution is -0.125. The summed E-state index contributed by atoms with van der Waals surface area (Å²) in [6.07, 6.45) is 8.53. The lowest BCUT2D eigenvalue weighted by Gasteiger charge is -2.26. The number of ketones is 1. The van der Waals surface area contributed by atoms with Gasteiger partial charge < -0.3 is 29.8 Å². The normalized spacial score (nSPS) is 14.2. The first-order valence-electron chi connectivity index (χ1n) is 16.8. The van der Waals surface area contributed by atoms with E-state index in [0.29, 0.717) is 43.6 Å². The summed E-state index contributed by atoms with van der Waals surface area (Å²) in [4.78, 5) is 22.5. The maximum Gasteiger partial charge on any atom is 0.176 e. The number of carbonyl (C=O) groups excluding carboxylic acids is 1. The second-order valence-corrected chi connectivity index (χ2v) is 12.9. The molecule has 8 heteroatoms. The zero-order chi connectivity index (χ0) is 35.0. The van der Waals surface area contributed by atoms with Crippen molar-refractivity contribution in [3.63, 3.8) is 0 Å². The SMILES string of the molecule is COc1cc(C[C@@H](CC2=C[CH+]N=C2)C(=O)C[C@@H](O)[C@H](Cc2cc[n-]c2)Cc2ccc(O)c(OC)c2Cc2cccc3ccccc23)ccc1O. The molecule has 0 saturated carbocycles. The van der Waals surface area contributed by atoms with Gasteiger partial charge in [-0.05, 0) is 70.8 Å². The summed E-state index contributed by atoms with van der Waals surface area (Å²) in [5.41, 5.74) is 5.63. The fourth-order valence-corrected chi connectivity index (χ4v) is 6.98. The lowest BCUT2D eigenvalue weighted by Crippen LogP contribution is -2.31. The van der Waals surface area contributed by atoms with E-state index in [9.17, 15) is 20.1 Å². The minimum Gasteiger partial charge on any atom is -0.670 e.